The van der Waals surface area contributed by atoms with Crippen molar-refractivity contribution in [2.75, 3.05) is 13.1 Å². The lowest BCUT2D eigenvalue weighted by atomic mass is 10.1. The van der Waals surface area contributed by atoms with E-state index in [1.54, 1.807) is 6.92 Å². The average Bonchev–Trinajstić information content (AvgIpc) is 2.48. The number of carbonyl (C=O) groups is 2. The molecule has 20 heavy (non-hydrogen) atoms. The molecule has 1 aliphatic heterocycles. The van der Waals surface area contributed by atoms with Crippen molar-refractivity contribution in [2.45, 2.75) is 38.6 Å². The van der Waals surface area contributed by atoms with Gasteiger partial charge in [-0.25, -0.2) is 0 Å². The fourth-order valence-electron chi connectivity index (χ4n) is 2.52. The van der Waals surface area contributed by atoms with E-state index < -0.39 is 6.04 Å². The third-order valence-electron chi connectivity index (χ3n) is 3.62. The van der Waals surface area contributed by atoms with Crippen LogP contribution >= 0.6 is 0 Å². The average molecular weight is 274 g/mol. The van der Waals surface area contributed by atoms with Gasteiger partial charge in [-0.15, -0.1) is 0 Å². The Morgan fingerprint density at radius 3 is 2.45 bits per heavy atom. The predicted molar refractivity (Wildman–Crippen MR) is 78.2 cm³/mol. The van der Waals surface area contributed by atoms with E-state index in [4.69, 9.17) is 0 Å². The number of benzene rings is 1. The van der Waals surface area contributed by atoms with Gasteiger partial charge >= 0.3 is 0 Å². The molecule has 1 N–H and O–H groups in total. The van der Waals surface area contributed by atoms with Crippen molar-refractivity contribution in [3.63, 3.8) is 0 Å². The van der Waals surface area contributed by atoms with Gasteiger partial charge in [-0.05, 0) is 31.7 Å². The molecule has 0 aliphatic carbocycles. The molecule has 1 fully saturated rings. The first kappa shape index (κ1) is 14.6. The summed E-state index contributed by atoms with van der Waals surface area (Å²) in [5.74, 6) is -0.0693. The Balaban J connectivity index is 1.82. The minimum absolute atomic E-state index is 0.0334. The lowest BCUT2D eigenvalue weighted by Crippen LogP contribution is -2.48. The van der Waals surface area contributed by atoms with Gasteiger partial charge < -0.3 is 10.2 Å². The third kappa shape index (κ3) is 4.08. The molecule has 0 spiro atoms. The van der Waals surface area contributed by atoms with Crippen LogP contribution in [0, 0.1) is 0 Å². The first-order chi connectivity index (χ1) is 9.66. The highest BCUT2D eigenvalue weighted by Gasteiger charge is 2.23. The standard InChI is InChI=1S/C16H22N2O2/c1-13(16(20)18-10-6-3-7-11-18)17-15(19)12-14-8-4-2-5-9-14/h2,4-5,8-9,13H,3,6-7,10-12H2,1H3,(H,17,19)/t13-/m1/s1. The van der Waals surface area contributed by atoms with Gasteiger partial charge in [0.15, 0.2) is 0 Å². The molecule has 1 atom stereocenters. The molecule has 1 saturated heterocycles. The van der Waals surface area contributed by atoms with Crippen molar-refractivity contribution in [3.8, 4) is 0 Å². The summed E-state index contributed by atoms with van der Waals surface area (Å²) in [6.45, 7) is 3.40. The van der Waals surface area contributed by atoms with Crippen LogP contribution in [0.5, 0.6) is 0 Å². The van der Waals surface area contributed by atoms with Gasteiger partial charge in [0.2, 0.25) is 11.8 Å². The summed E-state index contributed by atoms with van der Waals surface area (Å²) in [4.78, 5) is 26.0. The molecular weight excluding hydrogens is 252 g/mol. The van der Waals surface area contributed by atoms with E-state index in [-0.39, 0.29) is 11.8 Å². The highest BCUT2D eigenvalue weighted by Crippen LogP contribution is 2.10. The number of carbonyl (C=O) groups excluding carboxylic acids is 2. The van der Waals surface area contributed by atoms with Crippen molar-refractivity contribution in [2.24, 2.45) is 0 Å². The van der Waals surface area contributed by atoms with Crippen LogP contribution in [0.4, 0.5) is 0 Å². The van der Waals surface area contributed by atoms with E-state index in [0.717, 1.165) is 31.5 Å². The number of likely N-dealkylation sites (tertiary alicyclic amines) is 1. The Bertz CT molecular complexity index is 453. The van der Waals surface area contributed by atoms with Gasteiger partial charge in [0.1, 0.15) is 6.04 Å². The van der Waals surface area contributed by atoms with Crippen LogP contribution in [0.1, 0.15) is 31.7 Å². The van der Waals surface area contributed by atoms with E-state index in [9.17, 15) is 9.59 Å². The molecule has 0 unspecified atom stereocenters. The van der Waals surface area contributed by atoms with E-state index in [0.29, 0.717) is 6.42 Å². The van der Waals surface area contributed by atoms with Crippen LogP contribution in [0.25, 0.3) is 0 Å². The van der Waals surface area contributed by atoms with E-state index in [1.165, 1.54) is 6.42 Å². The molecule has 0 bridgehead atoms. The zero-order chi connectivity index (χ0) is 14.4. The van der Waals surface area contributed by atoms with Gasteiger partial charge in [-0.3, -0.25) is 9.59 Å². The number of nitrogens with one attached hydrogen (secondary N) is 1. The highest BCUT2D eigenvalue weighted by molar-refractivity contribution is 5.88. The smallest absolute Gasteiger partial charge is 0.244 e. The second kappa shape index (κ2) is 7.08. The summed E-state index contributed by atoms with van der Waals surface area (Å²) in [5, 5.41) is 2.80. The zero-order valence-corrected chi connectivity index (χ0v) is 12.0. The monoisotopic (exact) mass is 274 g/mol. The maximum absolute atomic E-state index is 12.2. The van der Waals surface area contributed by atoms with Gasteiger partial charge in [-0.2, -0.15) is 0 Å². The first-order valence-corrected chi connectivity index (χ1v) is 7.29. The van der Waals surface area contributed by atoms with Crippen LogP contribution < -0.4 is 5.32 Å². The Kier molecular flexibility index (Phi) is 5.16. The van der Waals surface area contributed by atoms with Gasteiger partial charge in [0.25, 0.3) is 0 Å². The van der Waals surface area contributed by atoms with Gasteiger partial charge in [0.05, 0.1) is 6.42 Å². The van der Waals surface area contributed by atoms with Crippen molar-refractivity contribution >= 4 is 11.8 Å². The minimum atomic E-state index is -0.440. The number of nitrogens with zero attached hydrogens (tertiary/aromatic N) is 1. The highest BCUT2D eigenvalue weighted by atomic mass is 16.2. The molecule has 4 nitrogen and oxygen atoms in total. The molecule has 108 valence electrons. The maximum Gasteiger partial charge on any atom is 0.244 e. The molecule has 1 aliphatic rings. The van der Waals surface area contributed by atoms with Crippen molar-refractivity contribution < 1.29 is 9.59 Å². The Morgan fingerprint density at radius 1 is 1.15 bits per heavy atom. The Hall–Kier alpha value is -1.84. The summed E-state index contributed by atoms with van der Waals surface area (Å²) in [6.07, 6.45) is 3.64. The maximum atomic E-state index is 12.2. The van der Waals surface area contributed by atoms with Gasteiger partial charge in [0, 0.05) is 13.1 Å². The summed E-state index contributed by atoms with van der Waals surface area (Å²) in [6, 6.07) is 9.12. The Labute approximate surface area is 120 Å². The topological polar surface area (TPSA) is 49.4 Å². The molecule has 0 saturated carbocycles. The minimum Gasteiger partial charge on any atom is -0.344 e. The first-order valence-electron chi connectivity index (χ1n) is 7.29. The normalized spacial score (nSPS) is 16.6. The molecule has 1 aromatic carbocycles. The summed E-state index contributed by atoms with van der Waals surface area (Å²) < 4.78 is 0. The molecule has 2 rings (SSSR count). The second-order valence-electron chi connectivity index (χ2n) is 5.34. The third-order valence-corrected chi connectivity index (χ3v) is 3.62. The number of amides is 2. The van der Waals surface area contributed by atoms with Crippen molar-refractivity contribution in [1.82, 2.24) is 10.2 Å². The van der Waals surface area contributed by atoms with E-state index in [1.807, 2.05) is 35.2 Å². The molecule has 1 aromatic rings. The molecule has 0 aromatic heterocycles. The zero-order valence-electron chi connectivity index (χ0n) is 12.0. The lowest BCUT2D eigenvalue weighted by Gasteiger charge is -2.29. The number of rotatable bonds is 4. The molecule has 1 heterocycles. The lowest BCUT2D eigenvalue weighted by molar-refractivity contribution is -0.136. The Morgan fingerprint density at radius 2 is 1.80 bits per heavy atom. The summed E-state index contributed by atoms with van der Waals surface area (Å²) >= 11 is 0. The molecule has 4 heteroatoms. The van der Waals surface area contributed by atoms with Gasteiger partial charge in [-0.1, -0.05) is 30.3 Å². The van der Waals surface area contributed by atoms with E-state index >= 15 is 0 Å². The molecule has 2 amide bonds. The second-order valence-corrected chi connectivity index (χ2v) is 5.34. The fraction of sp³-hybridized carbons (Fsp3) is 0.500. The number of hydrogen-bond donors (Lipinski definition) is 1. The predicted octanol–water partition coefficient (Wildman–Crippen LogP) is 1.75. The van der Waals surface area contributed by atoms with Crippen molar-refractivity contribution in [1.29, 1.82) is 0 Å². The summed E-state index contributed by atoms with van der Waals surface area (Å²) in [5.41, 5.74) is 0.961. The largest absolute Gasteiger partial charge is 0.344 e. The number of hydrogen-bond acceptors (Lipinski definition) is 2. The van der Waals surface area contributed by atoms with Crippen molar-refractivity contribution in [3.05, 3.63) is 35.9 Å². The van der Waals surface area contributed by atoms with Crippen LogP contribution in [-0.4, -0.2) is 35.8 Å². The fourth-order valence-corrected chi connectivity index (χ4v) is 2.52. The van der Waals surface area contributed by atoms with E-state index in [2.05, 4.69) is 5.32 Å². The SMILES string of the molecule is C[C@@H](NC(=O)Cc1ccccc1)C(=O)N1CCCCC1. The molecular formula is C16H22N2O2. The molecule has 0 radical (unpaired) electrons. The number of piperidine rings is 1. The summed E-state index contributed by atoms with van der Waals surface area (Å²) in [7, 11) is 0. The van der Waals surface area contributed by atoms with Crippen LogP contribution in [-0.2, 0) is 16.0 Å². The van der Waals surface area contributed by atoms with Crippen LogP contribution in [0.2, 0.25) is 0 Å². The van der Waals surface area contributed by atoms with Crippen LogP contribution in [0.15, 0.2) is 30.3 Å². The quantitative estimate of drug-likeness (QED) is 0.909. The van der Waals surface area contributed by atoms with Crippen LogP contribution in [0.3, 0.4) is 0 Å².